The van der Waals surface area contributed by atoms with Crippen molar-refractivity contribution >= 4 is 5.97 Å². The number of benzene rings is 1. The van der Waals surface area contributed by atoms with Crippen molar-refractivity contribution in [3.63, 3.8) is 0 Å². The van der Waals surface area contributed by atoms with Crippen LogP contribution in [0.4, 0.5) is 0 Å². The second-order valence-corrected chi connectivity index (χ2v) is 2.95. The first-order valence-electron chi connectivity index (χ1n) is 4.50. The molecule has 1 aromatic carbocycles. The molecule has 0 aliphatic rings. The molecule has 0 N–H and O–H groups in total. The topological polar surface area (TPSA) is 69.4 Å². The van der Waals surface area contributed by atoms with Crippen LogP contribution in [0.3, 0.4) is 0 Å². The van der Waals surface area contributed by atoms with Gasteiger partial charge >= 0.3 is 5.97 Å². The lowest BCUT2D eigenvalue weighted by atomic mass is 10.2. The van der Waals surface area contributed by atoms with Gasteiger partial charge in [0.25, 0.3) is 0 Å². The van der Waals surface area contributed by atoms with Crippen molar-refractivity contribution in [2.24, 2.45) is 0 Å². The fourth-order valence-corrected chi connectivity index (χ4v) is 0.993. The van der Waals surface area contributed by atoms with Crippen LogP contribution in [0, 0.1) is 10.1 Å². The number of esters is 1. The van der Waals surface area contributed by atoms with Crippen molar-refractivity contribution in [1.29, 1.82) is 0 Å². The van der Waals surface area contributed by atoms with Crippen molar-refractivity contribution in [3.05, 3.63) is 46.0 Å². The van der Waals surface area contributed by atoms with E-state index in [0.717, 1.165) is 5.56 Å². The third-order valence-electron chi connectivity index (χ3n) is 1.74. The molecular formula is C10H11NO4. The van der Waals surface area contributed by atoms with Crippen molar-refractivity contribution in [2.75, 3.05) is 6.54 Å². The Balaban J connectivity index is 2.26. The standard InChI is InChI=1S/C10H11NO4/c12-10(6-7-11(13)14)15-8-9-4-2-1-3-5-9/h1-5H,6-8H2. The van der Waals surface area contributed by atoms with Crippen LogP contribution in [0.2, 0.25) is 0 Å². The van der Waals surface area contributed by atoms with Crippen molar-refractivity contribution < 1.29 is 14.5 Å². The molecule has 0 aliphatic carbocycles. The van der Waals surface area contributed by atoms with E-state index >= 15 is 0 Å². The molecule has 0 spiro atoms. The number of carbonyl (C=O) groups excluding carboxylic acids is 1. The van der Waals surface area contributed by atoms with E-state index in [2.05, 4.69) is 0 Å². The SMILES string of the molecule is O=C(CC[N+](=O)[O-])OCc1ccccc1. The summed E-state index contributed by atoms with van der Waals surface area (Å²) in [4.78, 5) is 20.4. The first kappa shape index (κ1) is 11.2. The highest BCUT2D eigenvalue weighted by molar-refractivity contribution is 5.69. The van der Waals surface area contributed by atoms with Gasteiger partial charge in [0.2, 0.25) is 6.54 Å². The second kappa shape index (κ2) is 5.74. The molecule has 0 aliphatic heterocycles. The molecule has 1 aromatic rings. The number of nitro groups is 1. The van der Waals surface area contributed by atoms with Gasteiger partial charge in [-0.1, -0.05) is 30.3 Å². The predicted molar refractivity (Wildman–Crippen MR) is 52.7 cm³/mol. The summed E-state index contributed by atoms with van der Waals surface area (Å²) in [6.07, 6.45) is -0.181. The molecule has 0 aromatic heterocycles. The fourth-order valence-electron chi connectivity index (χ4n) is 0.993. The van der Waals surface area contributed by atoms with E-state index in [4.69, 9.17) is 4.74 Å². The first-order valence-corrected chi connectivity index (χ1v) is 4.50. The molecule has 0 heterocycles. The minimum Gasteiger partial charge on any atom is -0.461 e. The molecule has 0 fully saturated rings. The number of hydrogen-bond donors (Lipinski definition) is 0. The fraction of sp³-hybridized carbons (Fsp3) is 0.300. The summed E-state index contributed by atoms with van der Waals surface area (Å²) >= 11 is 0. The molecule has 0 saturated carbocycles. The van der Waals surface area contributed by atoms with Gasteiger partial charge in [-0.25, -0.2) is 0 Å². The van der Waals surface area contributed by atoms with Gasteiger partial charge in [0, 0.05) is 4.92 Å². The van der Waals surface area contributed by atoms with Crippen LogP contribution in [0.1, 0.15) is 12.0 Å². The lowest BCUT2D eigenvalue weighted by Gasteiger charge is -2.02. The minimum absolute atomic E-state index is 0.164. The molecule has 0 unspecified atom stereocenters. The van der Waals surface area contributed by atoms with Crippen molar-refractivity contribution in [3.8, 4) is 0 Å². The van der Waals surface area contributed by atoms with Crippen LogP contribution in [-0.2, 0) is 16.1 Å². The van der Waals surface area contributed by atoms with E-state index in [1.807, 2.05) is 30.3 Å². The van der Waals surface area contributed by atoms with Gasteiger partial charge in [-0.3, -0.25) is 14.9 Å². The third kappa shape index (κ3) is 4.75. The molecular weight excluding hydrogens is 198 g/mol. The summed E-state index contributed by atoms with van der Waals surface area (Å²) in [5.74, 6) is -0.546. The number of hydrogen-bond acceptors (Lipinski definition) is 4. The quantitative estimate of drug-likeness (QED) is 0.417. The Bertz CT molecular complexity index is 337. The summed E-state index contributed by atoms with van der Waals surface area (Å²) in [6.45, 7) is -0.217. The van der Waals surface area contributed by atoms with Crippen LogP contribution in [0.15, 0.2) is 30.3 Å². The molecule has 1 rings (SSSR count). The van der Waals surface area contributed by atoms with E-state index in [1.165, 1.54) is 0 Å². The maximum absolute atomic E-state index is 11.0. The minimum atomic E-state index is -0.546. The molecule has 0 radical (unpaired) electrons. The first-order chi connectivity index (χ1) is 7.18. The Morgan fingerprint density at radius 2 is 2.00 bits per heavy atom. The molecule has 0 saturated heterocycles. The Kier molecular flexibility index (Phi) is 4.28. The largest absolute Gasteiger partial charge is 0.461 e. The Morgan fingerprint density at radius 3 is 2.60 bits per heavy atom. The Hall–Kier alpha value is -1.91. The number of carbonyl (C=O) groups is 1. The average Bonchev–Trinajstić information content (AvgIpc) is 2.25. The summed E-state index contributed by atoms with van der Waals surface area (Å²) in [5, 5.41) is 9.98. The van der Waals surface area contributed by atoms with Crippen molar-refractivity contribution in [2.45, 2.75) is 13.0 Å². The zero-order chi connectivity index (χ0) is 11.1. The molecule has 5 heteroatoms. The smallest absolute Gasteiger partial charge is 0.312 e. The van der Waals surface area contributed by atoms with E-state index in [-0.39, 0.29) is 19.6 Å². The maximum Gasteiger partial charge on any atom is 0.312 e. The van der Waals surface area contributed by atoms with E-state index < -0.39 is 10.9 Å². The summed E-state index contributed by atoms with van der Waals surface area (Å²) in [5.41, 5.74) is 0.868. The molecule has 0 atom stereocenters. The average molecular weight is 209 g/mol. The highest BCUT2D eigenvalue weighted by atomic mass is 16.6. The molecule has 0 bridgehead atoms. The van der Waals surface area contributed by atoms with Gasteiger partial charge in [-0.05, 0) is 5.56 Å². The third-order valence-corrected chi connectivity index (χ3v) is 1.74. The van der Waals surface area contributed by atoms with Gasteiger partial charge < -0.3 is 4.74 Å². The normalized spacial score (nSPS) is 9.60. The van der Waals surface area contributed by atoms with E-state index in [9.17, 15) is 14.9 Å². The second-order valence-electron chi connectivity index (χ2n) is 2.95. The monoisotopic (exact) mass is 209 g/mol. The summed E-state index contributed by atoms with van der Waals surface area (Å²) in [6, 6.07) is 9.17. The lowest BCUT2D eigenvalue weighted by Crippen LogP contribution is -2.11. The zero-order valence-corrected chi connectivity index (χ0v) is 8.09. The van der Waals surface area contributed by atoms with E-state index in [0.29, 0.717) is 0 Å². The molecule has 5 nitrogen and oxygen atoms in total. The molecule has 80 valence electrons. The van der Waals surface area contributed by atoms with Gasteiger partial charge in [-0.2, -0.15) is 0 Å². The summed E-state index contributed by atoms with van der Waals surface area (Å²) < 4.78 is 4.84. The van der Waals surface area contributed by atoms with Gasteiger partial charge in [0.1, 0.15) is 13.0 Å². The number of nitrogens with zero attached hydrogens (tertiary/aromatic N) is 1. The Labute approximate surface area is 86.8 Å². The van der Waals surface area contributed by atoms with Crippen LogP contribution in [0.25, 0.3) is 0 Å². The van der Waals surface area contributed by atoms with Crippen LogP contribution < -0.4 is 0 Å². The maximum atomic E-state index is 11.0. The lowest BCUT2D eigenvalue weighted by molar-refractivity contribution is -0.479. The summed E-state index contributed by atoms with van der Waals surface area (Å²) in [7, 11) is 0. The zero-order valence-electron chi connectivity index (χ0n) is 8.09. The number of rotatable bonds is 5. The van der Waals surface area contributed by atoms with Crippen molar-refractivity contribution in [1.82, 2.24) is 0 Å². The highest BCUT2D eigenvalue weighted by Gasteiger charge is 2.07. The van der Waals surface area contributed by atoms with Gasteiger partial charge in [0.05, 0.1) is 0 Å². The van der Waals surface area contributed by atoms with Crippen LogP contribution >= 0.6 is 0 Å². The Morgan fingerprint density at radius 1 is 1.33 bits per heavy atom. The van der Waals surface area contributed by atoms with Gasteiger partial charge in [-0.15, -0.1) is 0 Å². The van der Waals surface area contributed by atoms with Gasteiger partial charge in [0.15, 0.2) is 0 Å². The molecule has 15 heavy (non-hydrogen) atoms. The highest BCUT2D eigenvalue weighted by Crippen LogP contribution is 2.01. The van der Waals surface area contributed by atoms with Crippen LogP contribution in [0.5, 0.6) is 0 Å². The molecule has 0 amide bonds. The number of ether oxygens (including phenoxy) is 1. The predicted octanol–water partition coefficient (Wildman–Crippen LogP) is 1.40. The van der Waals surface area contributed by atoms with Crippen LogP contribution in [-0.4, -0.2) is 17.4 Å². The van der Waals surface area contributed by atoms with E-state index in [1.54, 1.807) is 0 Å².